The van der Waals surface area contributed by atoms with Gasteiger partial charge in [-0.15, -0.1) is 11.3 Å². The lowest BCUT2D eigenvalue weighted by Crippen LogP contribution is -2.38. The SMILES string of the molecule is CCOC(=O)c1cnn(-c2nc(-c3ccc(OC)cc3)cs2)c1CN(C)CC1COCCO1. The summed E-state index contributed by atoms with van der Waals surface area (Å²) in [5, 5.41) is 7.14. The van der Waals surface area contributed by atoms with E-state index in [1.807, 2.05) is 36.7 Å². The van der Waals surface area contributed by atoms with Crippen molar-refractivity contribution in [3.63, 3.8) is 0 Å². The molecule has 3 aromatic rings. The summed E-state index contributed by atoms with van der Waals surface area (Å²) >= 11 is 1.47. The summed E-state index contributed by atoms with van der Waals surface area (Å²) in [6, 6.07) is 7.73. The maximum absolute atomic E-state index is 12.6. The third-order valence-electron chi connectivity index (χ3n) is 5.24. The first-order chi connectivity index (χ1) is 16.1. The van der Waals surface area contributed by atoms with Crippen LogP contribution in [0.2, 0.25) is 0 Å². The van der Waals surface area contributed by atoms with Crippen LogP contribution >= 0.6 is 11.3 Å². The zero-order valence-corrected chi connectivity index (χ0v) is 19.8. The molecular weight excluding hydrogens is 444 g/mol. The van der Waals surface area contributed by atoms with Crippen LogP contribution in [0.15, 0.2) is 35.8 Å². The fraction of sp³-hybridized carbons (Fsp3) is 0.435. The Morgan fingerprint density at radius 2 is 2.12 bits per heavy atom. The van der Waals surface area contributed by atoms with E-state index in [2.05, 4.69) is 10.00 Å². The van der Waals surface area contributed by atoms with Crippen molar-refractivity contribution >= 4 is 17.3 Å². The van der Waals surface area contributed by atoms with Crippen molar-refractivity contribution < 1.29 is 23.7 Å². The minimum atomic E-state index is -0.392. The second-order valence-corrected chi connectivity index (χ2v) is 8.48. The molecule has 0 saturated carbocycles. The Hall–Kier alpha value is -2.79. The maximum Gasteiger partial charge on any atom is 0.341 e. The zero-order valence-electron chi connectivity index (χ0n) is 19.0. The first-order valence-corrected chi connectivity index (χ1v) is 11.7. The normalized spacial score (nSPS) is 16.2. The van der Waals surface area contributed by atoms with E-state index in [0.717, 1.165) is 22.7 Å². The average molecular weight is 473 g/mol. The molecule has 176 valence electrons. The number of hydrogen-bond donors (Lipinski definition) is 0. The number of carbonyl (C=O) groups excluding carboxylic acids is 1. The van der Waals surface area contributed by atoms with Gasteiger partial charge in [-0.05, 0) is 38.2 Å². The lowest BCUT2D eigenvalue weighted by molar-refractivity contribution is -0.0963. The number of carbonyl (C=O) groups is 1. The minimum Gasteiger partial charge on any atom is -0.497 e. The zero-order chi connectivity index (χ0) is 23.2. The molecule has 2 aromatic heterocycles. The van der Waals surface area contributed by atoms with Gasteiger partial charge in [0.2, 0.25) is 5.13 Å². The Balaban J connectivity index is 1.59. The Morgan fingerprint density at radius 3 is 2.82 bits per heavy atom. The number of ether oxygens (including phenoxy) is 4. The van der Waals surface area contributed by atoms with Gasteiger partial charge in [-0.2, -0.15) is 5.10 Å². The smallest absolute Gasteiger partial charge is 0.341 e. The molecule has 1 aliphatic rings. The molecular formula is C23H28N4O5S. The number of likely N-dealkylation sites (N-methyl/N-ethyl adjacent to an activating group) is 1. The highest BCUT2D eigenvalue weighted by molar-refractivity contribution is 7.12. The van der Waals surface area contributed by atoms with Crippen LogP contribution in [-0.2, 0) is 20.8 Å². The van der Waals surface area contributed by atoms with Gasteiger partial charge in [-0.3, -0.25) is 4.90 Å². The highest BCUT2D eigenvalue weighted by Crippen LogP contribution is 2.27. The summed E-state index contributed by atoms with van der Waals surface area (Å²) in [5.41, 5.74) is 2.97. The van der Waals surface area contributed by atoms with Crippen LogP contribution in [0.3, 0.4) is 0 Å². The van der Waals surface area contributed by atoms with Crippen LogP contribution in [0.25, 0.3) is 16.4 Å². The van der Waals surface area contributed by atoms with Crippen LogP contribution in [0.4, 0.5) is 0 Å². The van der Waals surface area contributed by atoms with Crippen molar-refractivity contribution in [2.75, 3.05) is 47.1 Å². The number of rotatable bonds is 9. The molecule has 0 radical (unpaired) electrons. The van der Waals surface area contributed by atoms with E-state index >= 15 is 0 Å². The number of hydrogen-bond acceptors (Lipinski definition) is 9. The highest BCUT2D eigenvalue weighted by Gasteiger charge is 2.24. The standard InChI is InChI=1S/C23H28N4O5S/c1-4-31-22(28)19-11-24-27(21(19)13-26(2)12-18-14-30-9-10-32-18)23-25-20(15-33-23)16-5-7-17(29-3)8-6-16/h5-8,11,15,18H,4,9-10,12-14H2,1-3H3. The van der Waals surface area contributed by atoms with Crippen molar-refractivity contribution in [1.82, 2.24) is 19.7 Å². The van der Waals surface area contributed by atoms with Crippen molar-refractivity contribution in [3.8, 4) is 22.1 Å². The minimum absolute atomic E-state index is 0.00676. The van der Waals surface area contributed by atoms with E-state index in [0.29, 0.717) is 50.2 Å². The summed E-state index contributed by atoms with van der Waals surface area (Å²) < 4.78 is 23.5. The number of nitrogens with zero attached hydrogens (tertiary/aromatic N) is 4. The summed E-state index contributed by atoms with van der Waals surface area (Å²) in [5.74, 6) is 0.398. The molecule has 33 heavy (non-hydrogen) atoms. The number of aromatic nitrogens is 3. The Kier molecular flexibility index (Phi) is 7.71. The van der Waals surface area contributed by atoms with Crippen LogP contribution in [0.1, 0.15) is 23.0 Å². The van der Waals surface area contributed by atoms with Crippen LogP contribution in [0.5, 0.6) is 5.75 Å². The molecule has 0 N–H and O–H groups in total. The van der Waals surface area contributed by atoms with Gasteiger partial charge >= 0.3 is 5.97 Å². The second-order valence-electron chi connectivity index (χ2n) is 7.65. The summed E-state index contributed by atoms with van der Waals surface area (Å²) in [6.45, 7) is 5.01. The third-order valence-corrected chi connectivity index (χ3v) is 6.06. The van der Waals surface area contributed by atoms with Crippen LogP contribution < -0.4 is 4.74 Å². The van der Waals surface area contributed by atoms with Crippen LogP contribution in [-0.4, -0.2) is 78.9 Å². The number of thiazole rings is 1. The highest BCUT2D eigenvalue weighted by atomic mass is 32.1. The second kappa shape index (κ2) is 10.9. The molecule has 0 aliphatic carbocycles. The van der Waals surface area contributed by atoms with Crippen molar-refractivity contribution in [2.24, 2.45) is 0 Å². The Bertz CT molecular complexity index is 1060. The monoisotopic (exact) mass is 472 g/mol. The third kappa shape index (κ3) is 5.59. The molecule has 1 unspecified atom stereocenters. The lowest BCUT2D eigenvalue weighted by Gasteiger charge is -2.27. The first kappa shape index (κ1) is 23.4. The molecule has 4 rings (SSSR count). The molecule has 9 nitrogen and oxygen atoms in total. The van der Waals surface area contributed by atoms with Gasteiger partial charge in [0, 0.05) is 24.0 Å². The lowest BCUT2D eigenvalue weighted by atomic mass is 10.2. The van der Waals surface area contributed by atoms with Crippen molar-refractivity contribution in [2.45, 2.75) is 19.6 Å². The van der Waals surface area contributed by atoms with Gasteiger partial charge in [-0.25, -0.2) is 14.5 Å². The summed E-state index contributed by atoms with van der Waals surface area (Å²) in [7, 11) is 3.62. The maximum atomic E-state index is 12.6. The van der Waals surface area contributed by atoms with E-state index in [-0.39, 0.29) is 6.10 Å². The molecule has 1 saturated heterocycles. The summed E-state index contributed by atoms with van der Waals surface area (Å²) in [6.07, 6.45) is 1.54. The average Bonchev–Trinajstić information content (AvgIpc) is 3.47. The first-order valence-electron chi connectivity index (χ1n) is 10.8. The van der Waals surface area contributed by atoms with Gasteiger partial charge in [0.15, 0.2) is 0 Å². The topological polar surface area (TPSA) is 87.9 Å². The van der Waals surface area contributed by atoms with Crippen LogP contribution in [0, 0.1) is 0 Å². The van der Waals surface area contributed by atoms with Gasteiger partial charge < -0.3 is 18.9 Å². The Morgan fingerprint density at radius 1 is 1.30 bits per heavy atom. The van der Waals surface area contributed by atoms with Gasteiger partial charge in [0.05, 0.1) is 57.2 Å². The van der Waals surface area contributed by atoms with E-state index in [4.69, 9.17) is 23.9 Å². The predicted molar refractivity (Wildman–Crippen MR) is 124 cm³/mol. The van der Waals surface area contributed by atoms with Crippen molar-refractivity contribution in [1.29, 1.82) is 0 Å². The molecule has 1 atom stereocenters. The van der Waals surface area contributed by atoms with E-state index in [1.54, 1.807) is 24.9 Å². The van der Waals surface area contributed by atoms with E-state index in [9.17, 15) is 4.79 Å². The molecule has 1 aliphatic heterocycles. The molecule has 1 fully saturated rings. The van der Waals surface area contributed by atoms with Gasteiger partial charge in [0.25, 0.3) is 0 Å². The molecule has 3 heterocycles. The number of benzene rings is 1. The van der Waals surface area contributed by atoms with Gasteiger partial charge in [0.1, 0.15) is 11.3 Å². The summed E-state index contributed by atoms with van der Waals surface area (Å²) in [4.78, 5) is 19.5. The van der Waals surface area contributed by atoms with Crippen molar-refractivity contribution in [3.05, 3.63) is 47.1 Å². The fourth-order valence-electron chi connectivity index (χ4n) is 3.64. The molecule has 0 bridgehead atoms. The molecule has 10 heteroatoms. The number of esters is 1. The van der Waals surface area contributed by atoms with E-state index < -0.39 is 5.97 Å². The molecule has 1 aromatic carbocycles. The van der Waals surface area contributed by atoms with Gasteiger partial charge in [-0.1, -0.05) is 0 Å². The van der Waals surface area contributed by atoms with E-state index in [1.165, 1.54) is 11.3 Å². The quantitative estimate of drug-likeness (QED) is 0.439. The number of methoxy groups -OCH3 is 1. The molecule has 0 spiro atoms. The Labute approximate surface area is 196 Å². The molecule has 0 amide bonds. The predicted octanol–water partition coefficient (Wildman–Crippen LogP) is 3.03. The largest absolute Gasteiger partial charge is 0.497 e. The fourth-order valence-corrected chi connectivity index (χ4v) is 4.45.